The van der Waals surface area contributed by atoms with E-state index in [1.54, 1.807) is 42.3 Å². The van der Waals surface area contributed by atoms with Crippen LogP contribution in [0.15, 0.2) is 77.8 Å². The molecule has 0 aliphatic carbocycles. The Labute approximate surface area is 286 Å². The van der Waals surface area contributed by atoms with Gasteiger partial charge in [0.1, 0.15) is 33.8 Å². The predicted octanol–water partition coefficient (Wildman–Crippen LogP) is 6.68. The van der Waals surface area contributed by atoms with Crippen LogP contribution < -0.4 is 28.7 Å². The monoisotopic (exact) mass is 723 g/mol. The second kappa shape index (κ2) is 15.9. The molecule has 1 aromatic heterocycles. The highest BCUT2D eigenvalue weighted by Gasteiger charge is 2.31. The number of hydrogen-bond donors (Lipinski definition) is 2. The predicted molar refractivity (Wildman–Crippen MR) is 179 cm³/mol. The molecule has 12 nitrogen and oxygen atoms in total. The van der Waals surface area contributed by atoms with E-state index in [2.05, 4.69) is 15.0 Å². The zero-order valence-electron chi connectivity index (χ0n) is 26.7. The van der Waals surface area contributed by atoms with Gasteiger partial charge in [0.15, 0.2) is 0 Å². The molecule has 0 bridgehead atoms. The van der Waals surface area contributed by atoms with Gasteiger partial charge in [0.2, 0.25) is 0 Å². The van der Waals surface area contributed by atoms with E-state index in [1.807, 2.05) is 0 Å². The van der Waals surface area contributed by atoms with Crippen molar-refractivity contribution in [1.82, 2.24) is 9.88 Å². The van der Waals surface area contributed by atoms with Gasteiger partial charge >= 0.3 is 12.7 Å². The van der Waals surface area contributed by atoms with Gasteiger partial charge in [0.05, 0.1) is 42.8 Å². The van der Waals surface area contributed by atoms with Gasteiger partial charge in [-0.25, -0.2) is 26.9 Å². The van der Waals surface area contributed by atoms with Gasteiger partial charge in [-0.2, -0.15) is 8.78 Å². The smallest absolute Gasteiger partial charge is 0.407 e. The first-order chi connectivity index (χ1) is 23.2. The summed E-state index contributed by atoms with van der Waals surface area (Å²) in [6.07, 6.45) is 0.231. The number of anilines is 4. The summed E-state index contributed by atoms with van der Waals surface area (Å²) in [5.41, 5.74) is 0.924. The largest absolute Gasteiger partial charge is 0.497 e. The molecule has 0 saturated heterocycles. The van der Waals surface area contributed by atoms with E-state index < -0.39 is 33.4 Å². The number of alkyl halides is 2. The number of nitrogens with zero attached hydrogens (tertiary/aromatic N) is 4. The molecule has 1 heterocycles. The van der Waals surface area contributed by atoms with Crippen molar-refractivity contribution in [3.05, 3.63) is 89.3 Å². The Balaban J connectivity index is 1.72. The minimum absolute atomic E-state index is 0.00502. The second-order valence-electron chi connectivity index (χ2n) is 10.4. The summed E-state index contributed by atoms with van der Waals surface area (Å²) in [5, 5.41) is 11.9. The van der Waals surface area contributed by atoms with E-state index in [0.29, 0.717) is 17.1 Å². The number of aromatic nitrogens is 1. The number of likely N-dealkylation sites (N-methyl/N-ethyl adjacent to an activating group) is 2. The third-order valence-corrected chi connectivity index (χ3v) is 9.35. The number of carbonyl (C=O) groups is 1. The zero-order valence-corrected chi connectivity index (χ0v) is 28.3. The average molecular weight is 724 g/mol. The average Bonchev–Trinajstić information content (AvgIpc) is 3.07. The molecule has 17 heteroatoms. The molecule has 2 N–H and O–H groups in total. The quantitative estimate of drug-likeness (QED) is 0.137. The Hall–Kier alpha value is -5.09. The molecule has 0 saturated carbocycles. The first kappa shape index (κ1) is 36.7. The lowest BCUT2D eigenvalue weighted by Crippen LogP contribution is -2.34. The lowest BCUT2D eigenvalue weighted by molar-refractivity contribution is -0.0498. The van der Waals surface area contributed by atoms with Crippen molar-refractivity contribution in [2.45, 2.75) is 18.1 Å². The first-order valence-electron chi connectivity index (χ1n) is 14.4. The third-order valence-electron chi connectivity index (χ3n) is 7.27. The molecule has 0 aliphatic rings. The van der Waals surface area contributed by atoms with E-state index in [-0.39, 0.29) is 53.3 Å². The number of amides is 1. The number of pyridine rings is 1. The number of nitrogens with one attached hydrogen (secondary N) is 1. The molecule has 0 radical (unpaired) electrons. The topological polar surface area (TPSA) is 134 Å². The highest BCUT2D eigenvalue weighted by molar-refractivity contribution is 7.92. The van der Waals surface area contributed by atoms with Crippen LogP contribution in [0.2, 0.25) is 5.02 Å². The number of methoxy groups -OCH3 is 2. The lowest BCUT2D eigenvalue weighted by atomic mass is 10.2. The molecule has 262 valence electrons. The van der Waals surface area contributed by atoms with Crippen LogP contribution >= 0.6 is 11.6 Å². The fourth-order valence-corrected chi connectivity index (χ4v) is 6.39. The van der Waals surface area contributed by atoms with Crippen molar-refractivity contribution >= 4 is 50.6 Å². The van der Waals surface area contributed by atoms with Crippen LogP contribution in [0, 0.1) is 5.82 Å². The van der Waals surface area contributed by atoms with Crippen molar-refractivity contribution < 1.29 is 45.7 Å². The van der Waals surface area contributed by atoms with Crippen molar-refractivity contribution in [3.8, 4) is 17.2 Å². The summed E-state index contributed by atoms with van der Waals surface area (Å²) in [5.74, 6) is -0.521. The molecule has 0 aliphatic heterocycles. The molecular weight excluding hydrogens is 691 g/mol. The maximum atomic E-state index is 15.9. The highest BCUT2D eigenvalue weighted by Crippen LogP contribution is 2.38. The molecule has 4 aromatic rings. The van der Waals surface area contributed by atoms with Crippen LogP contribution in [-0.2, 0) is 16.6 Å². The number of benzene rings is 3. The van der Waals surface area contributed by atoms with Gasteiger partial charge in [-0.3, -0.25) is 0 Å². The van der Waals surface area contributed by atoms with Crippen LogP contribution in [0.3, 0.4) is 0 Å². The summed E-state index contributed by atoms with van der Waals surface area (Å²) in [7, 11) is 1.20. The molecule has 4 rings (SSSR count). The molecular formula is C32H33ClF3N5O7S. The van der Waals surface area contributed by atoms with E-state index in [4.69, 9.17) is 21.1 Å². The van der Waals surface area contributed by atoms with Crippen molar-refractivity contribution in [2.75, 3.05) is 55.9 Å². The number of ether oxygens (including phenoxy) is 3. The SMILES string of the molecule is COc1ccc(CN(c2ccccn2)S(=O)(=O)c2cc(Cl)c(Nc3ccc(OC(F)F)cc3N(C)CCN(C)C(=O)O)cc2F)c(OC)c1. The number of carboxylic acid groups (broad SMARTS) is 1. The summed E-state index contributed by atoms with van der Waals surface area (Å²) in [6.45, 7) is -3.20. The van der Waals surface area contributed by atoms with Crippen LogP contribution in [0.1, 0.15) is 5.56 Å². The normalized spacial score (nSPS) is 11.2. The number of rotatable bonds is 15. The van der Waals surface area contributed by atoms with Crippen LogP contribution in [0.4, 0.5) is 40.8 Å². The summed E-state index contributed by atoms with van der Waals surface area (Å²) in [6, 6.07) is 15.2. The van der Waals surface area contributed by atoms with Crippen LogP contribution in [0.25, 0.3) is 0 Å². The van der Waals surface area contributed by atoms with Gasteiger partial charge in [-0.1, -0.05) is 17.7 Å². The number of halogens is 4. The maximum Gasteiger partial charge on any atom is 0.407 e. The third kappa shape index (κ3) is 8.88. The van der Waals surface area contributed by atoms with E-state index >= 15 is 4.39 Å². The number of sulfonamides is 1. The highest BCUT2D eigenvalue weighted by atomic mass is 35.5. The summed E-state index contributed by atoms with van der Waals surface area (Å²) in [4.78, 5) is 17.3. The van der Waals surface area contributed by atoms with Gasteiger partial charge < -0.3 is 34.4 Å². The zero-order chi connectivity index (χ0) is 35.9. The van der Waals surface area contributed by atoms with Gasteiger partial charge in [-0.05, 0) is 42.5 Å². The summed E-state index contributed by atoms with van der Waals surface area (Å²) < 4.78 is 86.2. The van der Waals surface area contributed by atoms with Gasteiger partial charge in [0.25, 0.3) is 10.0 Å². The standard InChI is InChI=1S/C32H33ClF3N5O7S/c1-39(13-14-40(2)32(42)43)27-15-22(48-31(35)36)10-11-25(27)38-26-18-24(34)29(17-23(26)33)49(44,45)41(30-7-5-6-12-37-30)19-20-8-9-21(46-3)16-28(20)47-4/h5-12,15-18,31,38H,13-14,19H2,1-4H3,(H,42,43). The first-order valence-corrected chi connectivity index (χ1v) is 16.2. The van der Waals surface area contributed by atoms with Crippen molar-refractivity contribution in [1.29, 1.82) is 0 Å². The Morgan fingerprint density at radius 1 is 0.980 bits per heavy atom. The molecule has 1 amide bonds. The summed E-state index contributed by atoms with van der Waals surface area (Å²) >= 11 is 6.55. The lowest BCUT2D eigenvalue weighted by Gasteiger charge is -2.26. The fraction of sp³-hybridized carbons (Fsp3) is 0.250. The molecule has 3 aromatic carbocycles. The second-order valence-corrected chi connectivity index (χ2v) is 12.7. The van der Waals surface area contributed by atoms with Crippen molar-refractivity contribution in [3.63, 3.8) is 0 Å². The Morgan fingerprint density at radius 3 is 2.35 bits per heavy atom. The Kier molecular flexibility index (Phi) is 11.9. The number of hydrogen-bond acceptors (Lipinski definition) is 9. The fourth-order valence-electron chi connectivity index (χ4n) is 4.64. The molecule has 0 unspecified atom stereocenters. The minimum Gasteiger partial charge on any atom is -0.497 e. The molecule has 0 spiro atoms. The Morgan fingerprint density at radius 2 is 1.71 bits per heavy atom. The van der Waals surface area contributed by atoms with Crippen molar-refractivity contribution in [2.24, 2.45) is 0 Å². The van der Waals surface area contributed by atoms with Crippen LogP contribution in [0.5, 0.6) is 17.2 Å². The molecule has 49 heavy (non-hydrogen) atoms. The minimum atomic E-state index is -4.65. The van der Waals surface area contributed by atoms with Crippen LogP contribution in [-0.4, -0.2) is 77.5 Å². The van der Waals surface area contributed by atoms with Gasteiger partial charge in [0, 0.05) is 57.1 Å². The van der Waals surface area contributed by atoms with E-state index in [9.17, 15) is 27.1 Å². The van der Waals surface area contributed by atoms with Gasteiger partial charge in [-0.15, -0.1) is 0 Å². The maximum absolute atomic E-state index is 15.9. The Bertz CT molecular complexity index is 1890. The molecule has 0 fully saturated rings. The van der Waals surface area contributed by atoms with E-state index in [1.165, 1.54) is 51.7 Å². The van der Waals surface area contributed by atoms with E-state index in [0.717, 1.165) is 21.3 Å². The molecule has 0 atom stereocenters.